The average Bonchev–Trinajstić information content (AvgIpc) is 2.46. The first-order chi connectivity index (χ1) is 9.22. The van der Waals surface area contributed by atoms with Crippen molar-refractivity contribution in [1.29, 1.82) is 0 Å². The van der Waals surface area contributed by atoms with E-state index in [2.05, 4.69) is 15.7 Å². The number of pyridine rings is 1. The lowest BCUT2D eigenvalue weighted by Crippen LogP contribution is -2.25. The van der Waals surface area contributed by atoms with Gasteiger partial charge in [0, 0.05) is 18.3 Å². The first-order valence-corrected chi connectivity index (χ1v) is 5.64. The number of nitrogens with zero attached hydrogens (tertiary/aromatic N) is 1. The smallest absolute Gasteiger partial charge is 0.253 e. The summed E-state index contributed by atoms with van der Waals surface area (Å²) in [5, 5.41) is 2.63. The zero-order valence-electron chi connectivity index (χ0n) is 10.1. The zero-order valence-corrected chi connectivity index (χ0v) is 10.1. The van der Waals surface area contributed by atoms with Gasteiger partial charge in [-0.15, -0.1) is 0 Å². The van der Waals surface area contributed by atoms with E-state index in [0.29, 0.717) is 16.8 Å². The van der Waals surface area contributed by atoms with E-state index in [1.54, 1.807) is 18.2 Å². The van der Waals surface area contributed by atoms with Gasteiger partial charge in [-0.1, -0.05) is 18.2 Å². The van der Waals surface area contributed by atoms with Crippen molar-refractivity contribution >= 4 is 11.6 Å². The van der Waals surface area contributed by atoms with Crippen LogP contribution in [0.3, 0.4) is 0 Å². The number of benzene rings is 1. The molecule has 0 aliphatic carbocycles. The van der Waals surface area contributed by atoms with Gasteiger partial charge in [0.05, 0.1) is 17.4 Å². The van der Waals surface area contributed by atoms with Gasteiger partial charge < -0.3 is 10.7 Å². The molecule has 0 aliphatic rings. The predicted octanol–water partition coefficient (Wildman–Crippen LogP) is 1.44. The number of hydrazine groups is 1. The highest BCUT2D eigenvalue weighted by Gasteiger charge is 2.11. The lowest BCUT2D eigenvalue weighted by Gasteiger charge is -2.09. The number of nitrogens with one attached hydrogen (secondary N) is 2. The Morgan fingerprint density at radius 3 is 2.84 bits per heavy atom. The number of amides is 1. The minimum absolute atomic E-state index is 0.109. The largest absolute Gasteiger partial charge is 0.348 e. The summed E-state index contributed by atoms with van der Waals surface area (Å²) in [5.41, 5.74) is 3.58. The van der Waals surface area contributed by atoms with Crippen molar-refractivity contribution in [3.05, 3.63) is 59.7 Å². The molecule has 0 saturated carbocycles. The first-order valence-electron chi connectivity index (χ1n) is 5.64. The third-order valence-electron chi connectivity index (χ3n) is 2.62. The summed E-state index contributed by atoms with van der Waals surface area (Å²) >= 11 is 0. The van der Waals surface area contributed by atoms with Crippen LogP contribution in [0.5, 0.6) is 0 Å². The van der Waals surface area contributed by atoms with Gasteiger partial charge in [0.2, 0.25) is 0 Å². The SMILES string of the molecule is NNc1cnccc1C(=O)NCc1ccccc1F. The average molecular weight is 260 g/mol. The predicted molar refractivity (Wildman–Crippen MR) is 69.6 cm³/mol. The van der Waals surface area contributed by atoms with Gasteiger partial charge in [0.1, 0.15) is 5.82 Å². The molecule has 5 nitrogen and oxygen atoms in total. The molecule has 6 heteroatoms. The number of hydrogen-bond donors (Lipinski definition) is 3. The zero-order chi connectivity index (χ0) is 13.7. The van der Waals surface area contributed by atoms with Crippen LogP contribution in [0.1, 0.15) is 15.9 Å². The van der Waals surface area contributed by atoms with Crippen molar-refractivity contribution in [2.24, 2.45) is 5.84 Å². The van der Waals surface area contributed by atoms with E-state index in [9.17, 15) is 9.18 Å². The van der Waals surface area contributed by atoms with Gasteiger partial charge in [0.15, 0.2) is 0 Å². The van der Waals surface area contributed by atoms with Gasteiger partial charge in [-0.2, -0.15) is 0 Å². The number of carbonyl (C=O) groups excluding carboxylic acids is 1. The molecule has 0 aliphatic heterocycles. The van der Waals surface area contributed by atoms with Crippen LogP contribution in [0.4, 0.5) is 10.1 Å². The number of nitrogens with two attached hydrogens (primary N) is 1. The highest BCUT2D eigenvalue weighted by molar-refractivity contribution is 5.99. The second-order valence-corrected chi connectivity index (χ2v) is 3.84. The molecule has 2 aromatic rings. The molecule has 0 bridgehead atoms. The fraction of sp³-hybridized carbons (Fsp3) is 0.0769. The molecule has 0 unspecified atom stereocenters. The first kappa shape index (κ1) is 13.0. The van der Waals surface area contributed by atoms with Crippen LogP contribution in [0, 0.1) is 5.82 Å². The maximum atomic E-state index is 13.4. The summed E-state index contributed by atoms with van der Waals surface area (Å²) in [6, 6.07) is 7.81. The number of nitrogen functional groups attached to an aromatic ring is 1. The monoisotopic (exact) mass is 260 g/mol. The number of hydrogen-bond acceptors (Lipinski definition) is 4. The van der Waals surface area contributed by atoms with Crippen molar-refractivity contribution < 1.29 is 9.18 Å². The summed E-state index contributed by atoms with van der Waals surface area (Å²) in [6.45, 7) is 0.109. The van der Waals surface area contributed by atoms with Crippen molar-refractivity contribution in [3.63, 3.8) is 0 Å². The number of anilines is 1. The normalized spacial score (nSPS) is 10.0. The lowest BCUT2D eigenvalue weighted by atomic mass is 10.2. The number of aromatic nitrogens is 1. The minimum Gasteiger partial charge on any atom is -0.348 e. The molecule has 1 aromatic carbocycles. The molecule has 0 radical (unpaired) electrons. The summed E-state index contributed by atoms with van der Waals surface area (Å²) in [5.74, 6) is 4.59. The Kier molecular flexibility index (Phi) is 4.04. The number of halogens is 1. The summed E-state index contributed by atoms with van der Waals surface area (Å²) in [4.78, 5) is 15.8. The molecule has 4 N–H and O–H groups in total. The van der Waals surface area contributed by atoms with Gasteiger partial charge in [-0.3, -0.25) is 15.6 Å². The Labute approximate surface area is 109 Å². The molecule has 19 heavy (non-hydrogen) atoms. The van der Waals surface area contributed by atoms with Gasteiger partial charge in [-0.05, 0) is 12.1 Å². The van der Waals surface area contributed by atoms with Crippen molar-refractivity contribution in [1.82, 2.24) is 10.3 Å². The number of carbonyl (C=O) groups is 1. The van der Waals surface area contributed by atoms with Gasteiger partial charge in [-0.25, -0.2) is 4.39 Å². The standard InChI is InChI=1S/C13H13FN4O/c14-11-4-2-1-3-9(11)7-17-13(19)10-5-6-16-8-12(10)18-15/h1-6,8,18H,7,15H2,(H,17,19). The van der Waals surface area contributed by atoms with Crippen LogP contribution in [-0.4, -0.2) is 10.9 Å². The van der Waals surface area contributed by atoms with Crippen LogP contribution < -0.4 is 16.6 Å². The quantitative estimate of drug-likeness (QED) is 0.574. The van der Waals surface area contributed by atoms with Gasteiger partial charge in [0.25, 0.3) is 5.91 Å². The van der Waals surface area contributed by atoms with E-state index in [4.69, 9.17) is 5.84 Å². The maximum absolute atomic E-state index is 13.4. The molecule has 0 saturated heterocycles. The fourth-order valence-electron chi connectivity index (χ4n) is 1.62. The second kappa shape index (κ2) is 5.92. The Hall–Kier alpha value is -2.47. The van der Waals surface area contributed by atoms with Crippen molar-refractivity contribution in [3.8, 4) is 0 Å². The summed E-state index contributed by atoms with van der Waals surface area (Å²) in [7, 11) is 0. The highest BCUT2D eigenvalue weighted by atomic mass is 19.1. The lowest BCUT2D eigenvalue weighted by molar-refractivity contribution is 0.0951. The third kappa shape index (κ3) is 3.05. The molecule has 0 spiro atoms. The minimum atomic E-state index is -0.352. The summed E-state index contributed by atoms with van der Waals surface area (Å²) < 4.78 is 13.4. The second-order valence-electron chi connectivity index (χ2n) is 3.84. The van der Waals surface area contributed by atoms with Crippen molar-refractivity contribution in [2.75, 3.05) is 5.43 Å². The van der Waals surface area contributed by atoms with E-state index < -0.39 is 0 Å². The van der Waals surface area contributed by atoms with Crippen LogP contribution >= 0.6 is 0 Å². The molecule has 1 aromatic heterocycles. The van der Waals surface area contributed by atoms with Crippen LogP contribution in [0.25, 0.3) is 0 Å². The topological polar surface area (TPSA) is 80.0 Å². The fourth-order valence-corrected chi connectivity index (χ4v) is 1.62. The Bertz CT molecular complexity index is 588. The molecular formula is C13H13FN4O. The van der Waals surface area contributed by atoms with E-state index in [1.807, 2.05) is 0 Å². The molecule has 1 heterocycles. The Balaban J connectivity index is 2.08. The highest BCUT2D eigenvalue weighted by Crippen LogP contribution is 2.12. The summed E-state index contributed by atoms with van der Waals surface area (Å²) in [6.07, 6.45) is 2.93. The molecule has 98 valence electrons. The Morgan fingerprint density at radius 2 is 2.11 bits per heavy atom. The van der Waals surface area contributed by atoms with E-state index in [0.717, 1.165) is 0 Å². The van der Waals surface area contributed by atoms with Crippen LogP contribution in [0.2, 0.25) is 0 Å². The Morgan fingerprint density at radius 1 is 1.32 bits per heavy atom. The maximum Gasteiger partial charge on any atom is 0.253 e. The van der Waals surface area contributed by atoms with E-state index >= 15 is 0 Å². The van der Waals surface area contributed by atoms with Crippen LogP contribution in [0.15, 0.2) is 42.7 Å². The van der Waals surface area contributed by atoms with Crippen LogP contribution in [-0.2, 0) is 6.54 Å². The molecule has 2 rings (SSSR count). The molecule has 0 atom stereocenters. The molecular weight excluding hydrogens is 247 g/mol. The van der Waals surface area contributed by atoms with Gasteiger partial charge >= 0.3 is 0 Å². The number of rotatable bonds is 4. The molecule has 1 amide bonds. The third-order valence-corrected chi connectivity index (χ3v) is 2.62. The van der Waals surface area contributed by atoms with Crippen molar-refractivity contribution in [2.45, 2.75) is 6.54 Å². The molecule has 0 fully saturated rings. The van der Waals surface area contributed by atoms with E-state index in [1.165, 1.54) is 24.5 Å². The van der Waals surface area contributed by atoms with E-state index in [-0.39, 0.29) is 18.3 Å².